The van der Waals surface area contributed by atoms with Crippen LogP contribution in [0, 0.1) is 5.82 Å². The maximum atomic E-state index is 15.0. The highest BCUT2D eigenvalue weighted by atomic mass is 19.1. The molecule has 0 bridgehead atoms. The molecule has 0 atom stereocenters. The molecule has 0 fully saturated rings. The van der Waals surface area contributed by atoms with E-state index in [4.69, 9.17) is 0 Å². The van der Waals surface area contributed by atoms with Gasteiger partial charge in [0.05, 0.1) is 11.8 Å². The molecule has 32 heavy (non-hydrogen) atoms. The van der Waals surface area contributed by atoms with E-state index in [-0.39, 0.29) is 12.4 Å². The first-order chi connectivity index (χ1) is 15.8. The summed E-state index contributed by atoms with van der Waals surface area (Å²) in [6, 6.07) is 12.6. The maximum absolute atomic E-state index is 15.0. The van der Waals surface area contributed by atoms with Crippen molar-refractivity contribution in [3.05, 3.63) is 78.6 Å². The van der Waals surface area contributed by atoms with Crippen molar-refractivity contribution in [1.82, 2.24) is 39.7 Å². The van der Waals surface area contributed by atoms with Crippen LogP contribution in [-0.4, -0.2) is 39.7 Å². The van der Waals surface area contributed by atoms with Gasteiger partial charge in [-0.2, -0.15) is 5.10 Å². The van der Waals surface area contributed by atoms with Crippen molar-refractivity contribution >= 4 is 22.8 Å². The molecule has 0 radical (unpaired) electrons. The van der Waals surface area contributed by atoms with Crippen LogP contribution < -0.4 is 5.32 Å². The maximum Gasteiger partial charge on any atom is 0.229 e. The molecule has 0 unspecified atom stereocenters. The second-order valence-corrected chi connectivity index (χ2v) is 7.24. The Hall–Kier alpha value is -4.60. The average molecular weight is 425 g/mol. The summed E-state index contributed by atoms with van der Waals surface area (Å²) < 4.78 is 16.8. The molecule has 0 saturated heterocycles. The standard InChI is InChI=1S/C22H16FN9/c23-17-9-13(4-5-14(17)10-25-22-31-30-18-3-1-2-8-32(18)22)16-6-7-24-21-19(16)28-20(29-21)15-11-26-27-12-15/h1-9,11-12H,10H2,(H,25,31)(H,26,27)(H,24,28,29). The highest BCUT2D eigenvalue weighted by Crippen LogP contribution is 2.29. The lowest BCUT2D eigenvalue weighted by Gasteiger charge is -2.08. The minimum Gasteiger partial charge on any atom is -0.350 e. The zero-order chi connectivity index (χ0) is 21.5. The molecule has 0 amide bonds. The molecule has 6 rings (SSSR count). The number of nitrogens with one attached hydrogen (secondary N) is 3. The van der Waals surface area contributed by atoms with Crippen LogP contribution in [0.2, 0.25) is 0 Å². The van der Waals surface area contributed by atoms with E-state index in [9.17, 15) is 4.39 Å². The molecule has 0 aliphatic rings. The van der Waals surface area contributed by atoms with Gasteiger partial charge in [-0.1, -0.05) is 18.2 Å². The summed E-state index contributed by atoms with van der Waals surface area (Å²) in [5.74, 6) is 0.887. The first kappa shape index (κ1) is 18.2. The molecule has 156 valence electrons. The van der Waals surface area contributed by atoms with Gasteiger partial charge in [-0.05, 0) is 29.8 Å². The molecule has 3 N–H and O–H groups in total. The van der Waals surface area contributed by atoms with E-state index < -0.39 is 0 Å². The Kier molecular flexibility index (Phi) is 4.13. The van der Waals surface area contributed by atoms with Gasteiger partial charge in [-0.25, -0.2) is 14.4 Å². The fourth-order valence-electron chi connectivity index (χ4n) is 3.66. The van der Waals surface area contributed by atoms with E-state index in [0.29, 0.717) is 28.5 Å². The molecule has 0 aliphatic carbocycles. The number of halogens is 1. The molecule has 0 spiro atoms. The molecular formula is C22H16FN9. The van der Waals surface area contributed by atoms with Crippen molar-refractivity contribution in [1.29, 1.82) is 0 Å². The van der Waals surface area contributed by atoms with Crippen molar-refractivity contribution < 1.29 is 4.39 Å². The van der Waals surface area contributed by atoms with E-state index in [1.807, 2.05) is 40.9 Å². The lowest BCUT2D eigenvalue weighted by atomic mass is 10.0. The van der Waals surface area contributed by atoms with Gasteiger partial charge in [0.15, 0.2) is 11.3 Å². The van der Waals surface area contributed by atoms with E-state index in [1.54, 1.807) is 24.7 Å². The van der Waals surface area contributed by atoms with Crippen LogP contribution in [0.15, 0.2) is 67.3 Å². The number of H-pyrrole nitrogens is 2. The number of aromatic amines is 2. The summed E-state index contributed by atoms with van der Waals surface area (Å²) in [5.41, 5.74) is 4.88. The summed E-state index contributed by atoms with van der Waals surface area (Å²) in [4.78, 5) is 12.2. The number of nitrogens with zero attached hydrogens (tertiary/aromatic N) is 6. The van der Waals surface area contributed by atoms with Gasteiger partial charge in [0.1, 0.15) is 17.2 Å². The predicted molar refractivity (Wildman–Crippen MR) is 117 cm³/mol. The lowest BCUT2D eigenvalue weighted by Crippen LogP contribution is -2.05. The Bertz CT molecular complexity index is 1550. The predicted octanol–water partition coefficient (Wildman–Crippen LogP) is 3.81. The first-order valence-corrected chi connectivity index (χ1v) is 9.92. The minimum atomic E-state index is -0.320. The van der Waals surface area contributed by atoms with E-state index >= 15 is 0 Å². The van der Waals surface area contributed by atoms with Gasteiger partial charge in [0.2, 0.25) is 5.95 Å². The smallest absolute Gasteiger partial charge is 0.229 e. The Morgan fingerprint density at radius 2 is 2.03 bits per heavy atom. The number of benzene rings is 1. The Balaban J connectivity index is 1.30. The normalized spacial score (nSPS) is 11.4. The molecule has 6 aromatic rings. The van der Waals surface area contributed by atoms with Crippen molar-refractivity contribution in [3.63, 3.8) is 0 Å². The van der Waals surface area contributed by atoms with Crippen LogP contribution in [0.5, 0.6) is 0 Å². The van der Waals surface area contributed by atoms with Crippen LogP contribution in [0.25, 0.3) is 39.3 Å². The number of anilines is 1. The number of pyridine rings is 2. The van der Waals surface area contributed by atoms with E-state index in [1.165, 1.54) is 6.07 Å². The van der Waals surface area contributed by atoms with Gasteiger partial charge in [-0.3, -0.25) is 9.50 Å². The van der Waals surface area contributed by atoms with Gasteiger partial charge >= 0.3 is 0 Å². The average Bonchev–Trinajstić information content (AvgIpc) is 3.57. The number of hydrogen-bond donors (Lipinski definition) is 3. The van der Waals surface area contributed by atoms with Crippen molar-refractivity contribution in [2.75, 3.05) is 5.32 Å². The van der Waals surface area contributed by atoms with E-state index in [0.717, 1.165) is 22.3 Å². The second-order valence-electron chi connectivity index (χ2n) is 7.24. The number of aromatic nitrogens is 8. The summed E-state index contributed by atoms with van der Waals surface area (Å²) >= 11 is 0. The molecule has 5 aromatic heterocycles. The number of hydrogen-bond acceptors (Lipinski definition) is 6. The quantitative estimate of drug-likeness (QED) is 0.387. The number of imidazole rings is 1. The molecule has 9 nitrogen and oxygen atoms in total. The van der Waals surface area contributed by atoms with Gasteiger partial charge in [0, 0.05) is 36.3 Å². The van der Waals surface area contributed by atoms with Crippen molar-refractivity contribution in [2.24, 2.45) is 0 Å². The number of fused-ring (bicyclic) bond motifs is 2. The second kappa shape index (κ2) is 7.27. The summed E-state index contributed by atoms with van der Waals surface area (Å²) in [5, 5.41) is 18.1. The van der Waals surface area contributed by atoms with Crippen LogP contribution >= 0.6 is 0 Å². The molecule has 1 aromatic carbocycles. The summed E-state index contributed by atoms with van der Waals surface area (Å²) in [7, 11) is 0. The highest BCUT2D eigenvalue weighted by molar-refractivity contribution is 5.91. The monoisotopic (exact) mass is 425 g/mol. The molecular weight excluding hydrogens is 409 g/mol. The van der Waals surface area contributed by atoms with Gasteiger partial charge in [0.25, 0.3) is 0 Å². The summed E-state index contributed by atoms with van der Waals surface area (Å²) in [6.07, 6.45) is 6.96. The van der Waals surface area contributed by atoms with Crippen molar-refractivity contribution in [2.45, 2.75) is 6.54 Å². The largest absolute Gasteiger partial charge is 0.350 e. The lowest BCUT2D eigenvalue weighted by molar-refractivity contribution is 0.613. The Labute approximate surface area is 180 Å². The van der Waals surface area contributed by atoms with Gasteiger partial charge < -0.3 is 10.3 Å². The highest BCUT2D eigenvalue weighted by Gasteiger charge is 2.14. The van der Waals surface area contributed by atoms with Crippen LogP contribution in [0.1, 0.15) is 5.56 Å². The summed E-state index contributed by atoms with van der Waals surface area (Å²) in [6.45, 7) is 0.278. The molecule has 0 aliphatic heterocycles. The zero-order valence-electron chi connectivity index (χ0n) is 16.6. The fourth-order valence-corrected chi connectivity index (χ4v) is 3.66. The SMILES string of the molecule is Fc1cc(-c2ccnc3[nH]c(-c4cn[nH]c4)nc23)ccc1CNc1nnc2ccccn12. The minimum absolute atomic E-state index is 0.278. The van der Waals surface area contributed by atoms with Crippen LogP contribution in [-0.2, 0) is 6.54 Å². The first-order valence-electron chi connectivity index (χ1n) is 9.92. The Morgan fingerprint density at radius 1 is 1.06 bits per heavy atom. The molecule has 0 saturated carbocycles. The number of rotatable bonds is 5. The van der Waals surface area contributed by atoms with Crippen LogP contribution in [0.3, 0.4) is 0 Å². The molecule has 5 heterocycles. The third-order valence-electron chi connectivity index (χ3n) is 5.27. The van der Waals surface area contributed by atoms with Crippen molar-refractivity contribution in [3.8, 4) is 22.5 Å². The Morgan fingerprint density at radius 3 is 2.91 bits per heavy atom. The third-order valence-corrected chi connectivity index (χ3v) is 5.27. The topological polar surface area (TPSA) is 112 Å². The van der Waals surface area contributed by atoms with E-state index in [2.05, 4.69) is 40.7 Å². The fraction of sp³-hybridized carbons (Fsp3) is 0.0455. The van der Waals surface area contributed by atoms with Gasteiger partial charge in [-0.15, -0.1) is 10.2 Å². The zero-order valence-corrected chi connectivity index (χ0v) is 16.6. The molecule has 10 heteroatoms. The van der Waals surface area contributed by atoms with Crippen LogP contribution in [0.4, 0.5) is 10.3 Å². The third kappa shape index (κ3) is 3.05.